The smallest absolute Gasteiger partial charge is 0.260 e. The van der Waals surface area contributed by atoms with E-state index < -0.39 is 0 Å². The van der Waals surface area contributed by atoms with Gasteiger partial charge in [0.1, 0.15) is 5.75 Å². The van der Waals surface area contributed by atoms with Gasteiger partial charge in [0.2, 0.25) is 0 Å². The molecule has 0 spiro atoms. The van der Waals surface area contributed by atoms with Gasteiger partial charge in [0, 0.05) is 13.1 Å². The molecule has 0 radical (unpaired) electrons. The molecule has 1 aromatic rings. The fourth-order valence-electron chi connectivity index (χ4n) is 2.97. The molecule has 3 heteroatoms. The van der Waals surface area contributed by atoms with Crippen LogP contribution in [0.1, 0.15) is 12.8 Å². The number of benzene rings is 1. The van der Waals surface area contributed by atoms with E-state index in [0.29, 0.717) is 11.8 Å². The molecule has 3 nitrogen and oxygen atoms in total. The maximum absolute atomic E-state index is 12.1. The van der Waals surface area contributed by atoms with Gasteiger partial charge < -0.3 is 9.64 Å². The lowest BCUT2D eigenvalue weighted by Crippen LogP contribution is -2.33. The predicted molar refractivity (Wildman–Crippen MR) is 73.9 cm³/mol. The normalized spacial score (nSPS) is 25.2. The molecule has 19 heavy (non-hydrogen) atoms. The summed E-state index contributed by atoms with van der Waals surface area (Å²) in [6, 6.07) is 9.51. The zero-order valence-electron chi connectivity index (χ0n) is 11.0. The van der Waals surface area contributed by atoms with Crippen molar-refractivity contribution < 1.29 is 9.53 Å². The Morgan fingerprint density at radius 1 is 1.11 bits per heavy atom. The minimum absolute atomic E-state index is 0.109. The molecule has 2 atom stereocenters. The number of hydrogen-bond donors (Lipinski definition) is 0. The van der Waals surface area contributed by atoms with Gasteiger partial charge in [-0.1, -0.05) is 30.4 Å². The first-order valence-electron chi connectivity index (χ1n) is 6.93. The first-order chi connectivity index (χ1) is 9.33. The molecule has 0 N–H and O–H groups in total. The highest BCUT2D eigenvalue weighted by molar-refractivity contribution is 5.78. The highest BCUT2D eigenvalue weighted by atomic mass is 16.5. The standard InChI is InChI=1S/C16H19NO2/c18-16(12-19-15-8-2-1-3-9-15)17-10-13-6-4-5-7-14(13)11-17/h1-5,8-9,13-14H,6-7,10-12H2. The number of ether oxygens (including phenoxy) is 1. The minimum atomic E-state index is 0.109. The maximum atomic E-state index is 12.1. The second kappa shape index (κ2) is 5.47. The third kappa shape index (κ3) is 2.80. The SMILES string of the molecule is O=C(COc1ccccc1)N1CC2CC=CCC2C1. The Bertz CT molecular complexity index is 453. The minimum Gasteiger partial charge on any atom is -0.484 e. The van der Waals surface area contributed by atoms with E-state index in [0.717, 1.165) is 31.7 Å². The molecule has 2 aliphatic rings. The topological polar surface area (TPSA) is 29.5 Å². The van der Waals surface area contributed by atoms with Gasteiger partial charge in [-0.05, 0) is 36.8 Å². The van der Waals surface area contributed by atoms with Crippen molar-refractivity contribution in [3.63, 3.8) is 0 Å². The summed E-state index contributed by atoms with van der Waals surface area (Å²) < 4.78 is 5.53. The van der Waals surface area contributed by atoms with Crippen LogP contribution in [0.5, 0.6) is 5.75 Å². The Hall–Kier alpha value is -1.77. The van der Waals surface area contributed by atoms with E-state index in [1.54, 1.807) is 0 Å². The Morgan fingerprint density at radius 2 is 1.74 bits per heavy atom. The fraction of sp³-hybridized carbons (Fsp3) is 0.438. The van der Waals surface area contributed by atoms with Crippen LogP contribution in [-0.2, 0) is 4.79 Å². The van der Waals surface area contributed by atoms with E-state index >= 15 is 0 Å². The number of carbonyl (C=O) groups excluding carboxylic acids is 1. The van der Waals surface area contributed by atoms with Gasteiger partial charge in [-0.3, -0.25) is 4.79 Å². The average molecular weight is 257 g/mol. The predicted octanol–water partition coefficient (Wildman–Crippen LogP) is 2.49. The van der Waals surface area contributed by atoms with Crippen LogP contribution >= 0.6 is 0 Å². The number of rotatable bonds is 3. The van der Waals surface area contributed by atoms with Gasteiger partial charge >= 0.3 is 0 Å². The van der Waals surface area contributed by atoms with E-state index in [2.05, 4.69) is 12.2 Å². The van der Waals surface area contributed by atoms with Crippen molar-refractivity contribution in [2.75, 3.05) is 19.7 Å². The van der Waals surface area contributed by atoms with Crippen molar-refractivity contribution in [3.05, 3.63) is 42.5 Å². The highest BCUT2D eigenvalue weighted by Gasteiger charge is 2.34. The van der Waals surface area contributed by atoms with Crippen LogP contribution in [-0.4, -0.2) is 30.5 Å². The summed E-state index contributed by atoms with van der Waals surface area (Å²) in [5.74, 6) is 2.18. The van der Waals surface area contributed by atoms with Crippen molar-refractivity contribution >= 4 is 5.91 Å². The lowest BCUT2D eigenvalue weighted by Gasteiger charge is -2.17. The molecule has 0 aromatic heterocycles. The molecule has 1 aromatic carbocycles. The zero-order valence-corrected chi connectivity index (χ0v) is 11.0. The lowest BCUT2D eigenvalue weighted by atomic mass is 9.86. The van der Waals surface area contributed by atoms with Crippen LogP contribution in [0.2, 0.25) is 0 Å². The number of carbonyl (C=O) groups is 1. The van der Waals surface area contributed by atoms with Gasteiger partial charge in [-0.25, -0.2) is 0 Å². The fourth-order valence-corrected chi connectivity index (χ4v) is 2.97. The molecule has 0 saturated carbocycles. The molecule has 1 amide bonds. The Labute approximate surface area is 113 Å². The number of fused-ring (bicyclic) bond motifs is 1. The molecular weight excluding hydrogens is 238 g/mol. The van der Waals surface area contributed by atoms with Crippen molar-refractivity contribution in [2.45, 2.75) is 12.8 Å². The number of amides is 1. The molecule has 2 unspecified atom stereocenters. The third-order valence-corrected chi connectivity index (χ3v) is 4.08. The van der Waals surface area contributed by atoms with Crippen molar-refractivity contribution in [1.29, 1.82) is 0 Å². The summed E-state index contributed by atoms with van der Waals surface area (Å²) in [4.78, 5) is 14.1. The first-order valence-corrected chi connectivity index (χ1v) is 6.93. The Kier molecular flexibility index (Phi) is 3.53. The molecule has 1 saturated heterocycles. The van der Waals surface area contributed by atoms with Gasteiger partial charge in [0.25, 0.3) is 5.91 Å². The number of nitrogens with zero attached hydrogens (tertiary/aromatic N) is 1. The number of allylic oxidation sites excluding steroid dienone is 2. The second-order valence-corrected chi connectivity index (χ2v) is 5.36. The van der Waals surface area contributed by atoms with E-state index in [1.165, 1.54) is 0 Å². The van der Waals surface area contributed by atoms with Crippen LogP contribution in [0.4, 0.5) is 0 Å². The maximum Gasteiger partial charge on any atom is 0.260 e. The lowest BCUT2D eigenvalue weighted by molar-refractivity contribution is -0.132. The van der Waals surface area contributed by atoms with Crippen molar-refractivity contribution in [2.24, 2.45) is 11.8 Å². The van der Waals surface area contributed by atoms with Crippen LogP contribution in [0.3, 0.4) is 0 Å². The van der Waals surface area contributed by atoms with Crippen LogP contribution in [0.25, 0.3) is 0 Å². The van der Waals surface area contributed by atoms with Crippen molar-refractivity contribution in [3.8, 4) is 5.75 Å². The molecule has 100 valence electrons. The van der Waals surface area contributed by atoms with Gasteiger partial charge in [0.05, 0.1) is 0 Å². The first kappa shape index (κ1) is 12.3. The van der Waals surface area contributed by atoms with Crippen molar-refractivity contribution in [1.82, 2.24) is 4.90 Å². The summed E-state index contributed by atoms with van der Waals surface area (Å²) in [7, 11) is 0. The third-order valence-electron chi connectivity index (χ3n) is 4.08. The highest BCUT2D eigenvalue weighted by Crippen LogP contribution is 2.32. The van der Waals surface area contributed by atoms with Crippen LogP contribution in [0.15, 0.2) is 42.5 Å². The molecule has 3 rings (SSSR count). The molecule has 1 aliphatic carbocycles. The summed E-state index contributed by atoms with van der Waals surface area (Å²) >= 11 is 0. The van der Waals surface area contributed by atoms with Gasteiger partial charge in [-0.2, -0.15) is 0 Å². The monoisotopic (exact) mass is 257 g/mol. The Morgan fingerprint density at radius 3 is 2.37 bits per heavy atom. The van der Waals surface area contributed by atoms with E-state index in [-0.39, 0.29) is 12.5 Å². The van der Waals surface area contributed by atoms with Gasteiger partial charge in [-0.15, -0.1) is 0 Å². The van der Waals surface area contributed by atoms with Crippen LogP contribution < -0.4 is 4.74 Å². The molecule has 1 heterocycles. The summed E-state index contributed by atoms with van der Waals surface area (Å²) in [6.45, 7) is 1.94. The molecule has 0 bridgehead atoms. The summed E-state index contributed by atoms with van der Waals surface area (Å²) in [5, 5.41) is 0. The van der Waals surface area contributed by atoms with E-state index in [1.807, 2.05) is 35.2 Å². The molecule has 1 fully saturated rings. The van der Waals surface area contributed by atoms with E-state index in [9.17, 15) is 4.79 Å². The van der Waals surface area contributed by atoms with Crippen LogP contribution in [0, 0.1) is 11.8 Å². The summed E-state index contributed by atoms with van der Waals surface area (Å²) in [6.07, 6.45) is 6.73. The average Bonchev–Trinajstić information content (AvgIpc) is 2.90. The van der Waals surface area contributed by atoms with Gasteiger partial charge in [0.15, 0.2) is 6.61 Å². The summed E-state index contributed by atoms with van der Waals surface area (Å²) in [5.41, 5.74) is 0. The Balaban J connectivity index is 1.52. The zero-order chi connectivity index (χ0) is 13.1. The largest absolute Gasteiger partial charge is 0.484 e. The quantitative estimate of drug-likeness (QED) is 0.779. The number of para-hydroxylation sites is 1. The molecular formula is C16H19NO2. The van der Waals surface area contributed by atoms with E-state index in [4.69, 9.17) is 4.74 Å². The number of likely N-dealkylation sites (tertiary alicyclic amines) is 1. The molecule has 1 aliphatic heterocycles. The number of hydrogen-bond acceptors (Lipinski definition) is 2. The second-order valence-electron chi connectivity index (χ2n) is 5.36.